The molecule has 1 unspecified atom stereocenters. The Morgan fingerprint density at radius 3 is 2.71 bits per heavy atom. The number of likely N-dealkylation sites (tertiary alicyclic amines) is 1. The summed E-state index contributed by atoms with van der Waals surface area (Å²) in [6, 6.07) is 15.5. The number of H-pyrrole nitrogens is 1. The predicted molar refractivity (Wildman–Crippen MR) is 98.0 cm³/mol. The van der Waals surface area contributed by atoms with Crippen LogP contribution in [0.3, 0.4) is 0 Å². The maximum Gasteiger partial charge on any atom is 0.253 e. The fourth-order valence-corrected chi connectivity index (χ4v) is 3.62. The van der Waals surface area contributed by atoms with Gasteiger partial charge in [-0.25, -0.2) is 0 Å². The second kappa shape index (κ2) is 6.15. The molecule has 1 aliphatic heterocycles. The van der Waals surface area contributed by atoms with E-state index in [1.54, 1.807) is 18.2 Å². The molecule has 0 bridgehead atoms. The quantitative estimate of drug-likeness (QED) is 0.679. The van der Waals surface area contributed by atoms with Gasteiger partial charge in [-0.05, 0) is 42.1 Å². The molecule has 1 fully saturated rings. The van der Waals surface area contributed by atoms with Gasteiger partial charge in [-0.3, -0.25) is 4.79 Å². The normalized spacial score (nSPS) is 17.6. The SMILES string of the molecule is O=C(c1ccc(Cl)c(Cl)c1)N1CCC(c2cc3ccccc3[nH]2)C1. The lowest BCUT2D eigenvalue weighted by atomic mass is 10.1. The van der Waals surface area contributed by atoms with Crippen LogP contribution in [0.4, 0.5) is 0 Å². The molecule has 4 rings (SSSR count). The molecule has 1 N–H and O–H groups in total. The van der Waals surface area contributed by atoms with Gasteiger partial charge in [0, 0.05) is 35.8 Å². The number of rotatable bonds is 2. The van der Waals surface area contributed by atoms with Crippen molar-refractivity contribution in [3.05, 3.63) is 69.8 Å². The first-order chi connectivity index (χ1) is 11.6. The summed E-state index contributed by atoms with van der Waals surface area (Å²) in [4.78, 5) is 18.0. The van der Waals surface area contributed by atoms with E-state index in [-0.39, 0.29) is 5.91 Å². The van der Waals surface area contributed by atoms with Crippen molar-refractivity contribution in [1.29, 1.82) is 0 Å². The summed E-state index contributed by atoms with van der Waals surface area (Å²) in [6.07, 6.45) is 0.958. The molecule has 3 aromatic rings. The number of amides is 1. The van der Waals surface area contributed by atoms with Crippen molar-refractivity contribution in [3.63, 3.8) is 0 Å². The molecule has 2 aromatic carbocycles. The molecule has 122 valence electrons. The van der Waals surface area contributed by atoms with Crippen LogP contribution in [0.2, 0.25) is 10.0 Å². The van der Waals surface area contributed by atoms with E-state index in [1.807, 2.05) is 17.0 Å². The smallest absolute Gasteiger partial charge is 0.253 e. The molecule has 24 heavy (non-hydrogen) atoms. The zero-order valence-electron chi connectivity index (χ0n) is 12.9. The molecule has 5 heteroatoms. The Morgan fingerprint density at radius 2 is 1.92 bits per heavy atom. The van der Waals surface area contributed by atoms with Crippen molar-refractivity contribution in [3.8, 4) is 0 Å². The molecule has 1 aliphatic rings. The molecular weight excluding hydrogens is 343 g/mol. The molecule has 0 spiro atoms. The van der Waals surface area contributed by atoms with Crippen molar-refractivity contribution < 1.29 is 4.79 Å². The fourth-order valence-electron chi connectivity index (χ4n) is 3.33. The van der Waals surface area contributed by atoms with Crippen molar-refractivity contribution in [2.75, 3.05) is 13.1 Å². The number of hydrogen-bond acceptors (Lipinski definition) is 1. The van der Waals surface area contributed by atoms with E-state index in [4.69, 9.17) is 23.2 Å². The van der Waals surface area contributed by atoms with Gasteiger partial charge in [0.15, 0.2) is 0 Å². The van der Waals surface area contributed by atoms with E-state index >= 15 is 0 Å². The standard InChI is InChI=1S/C19H16Cl2N2O/c20-15-6-5-13(9-16(15)21)19(24)23-8-7-14(11-23)18-10-12-3-1-2-4-17(12)22-18/h1-6,9-10,14,22H,7-8,11H2. The van der Waals surface area contributed by atoms with Gasteiger partial charge in [0.2, 0.25) is 0 Å². The molecule has 3 nitrogen and oxygen atoms in total. The van der Waals surface area contributed by atoms with Crippen LogP contribution in [0, 0.1) is 0 Å². The number of halogens is 2. The Kier molecular flexibility index (Phi) is 3.99. The number of benzene rings is 2. The number of aromatic nitrogens is 1. The Labute approximate surface area is 150 Å². The number of aromatic amines is 1. The summed E-state index contributed by atoms with van der Waals surface area (Å²) < 4.78 is 0. The zero-order chi connectivity index (χ0) is 16.7. The first kappa shape index (κ1) is 15.6. The summed E-state index contributed by atoms with van der Waals surface area (Å²) in [7, 11) is 0. The zero-order valence-corrected chi connectivity index (χ0v) is 14.4. The van der Waals surface area contributed by atoms with Gasteiger partial charge in [0.1, 0.15) is 0 Å². The predicted octanol–water partition coefficient (Wildman–Crippen LogP) is 5.10. The minimum atomic E-state index is 0.00665. The van der Waals surface area contributed by atoms with E-state index in [1.165, 1.54) is 11.1 Å². The Bertz CT molecular complexity index is 886. The van der Waals surface area contributed by atoms with Gasteiger partial charge >= 0.3 is 0 Å². The maximum atomic E-state index is 12.7. The van der Waals surface area contributed by atoms with E-state index in [2.05, 4.69) is 23.2 Å². The number of carbonyl (C=O) groups excluding carboxylic acids is 1. The second-order valence-electron chi connectivity index (χ2n) is 6.18. The second-order valence-corrected chi connectivity index (χ2v) is 6.99. The molecule has 1 aromatic heterocycles. The van der Waals surface area contributed by atoms with Crippen LogP contribution in [-0.4, -0.2) is 28.9 Å². The summed E-state index contributed by atoms with van der Waals surface area (Å²) in [5.74, 6) is 0.344. The minimum Gasteiger partial charge on any atom is -0.358 e. The average molecular weight is 359 g/mol. The molecule has 0 saturated carbocycles. The molecule has 0 radical (unpaired) electrons. The highest BCUT2D eigenvalue weighted by Gasteiger charge is 2.29. The molecule has 0 aliphatic carbocycles. The topological polar surface area (TPSA) is 36.1 Å². The van der Waals surface area contributed by atoms with Crippen LogP contribution in [0.1, 0.15) is 28.4 Å². The van der Waals surface area contributed by atoms with Gasteiger partial charge < -0.3 is 9.88 Å². The first-order valence-corrected chi connectivity index (χ1v) is 8.69. The molecule has 1 saturated heterocycles. The van der Waals surface area contributed by atoms with Gasteiger partial charge in [-0.1, -0.05) is 41.4 Å². The molecule has 1 atom stereocenters. The summed E-state index contributed by atoms with van der Waals surface area (Å²) >= 11 is 12.0. The van der Waals surface area contributed by atoms with Crippen LogP contribution < -0.4 is 0 Å². The van der Waals surface area contributed by atoms with Crippen LogP contribution in [0.25, 0.3) is 10.9 Å². The summed E-state index contributed by atoms with van der Waals surface area (Å²) in [5.41, 5.74) is 2.92. The number of nitrogens with one attached hydrogen (secondary N) is 1. The third kappa shape index (κ3) is 2.79. The van der Waals surface area contributed by atoms with Crippen LogP contribution >= 0.6 is 23.2 Å². The van der Waals surface area contributed by atoms with Crippen molar-refractivity contribution >= 4 is 40.0 Å². The molecule has 1 amide bonds. The van der Waals surface area contributed by atoms with Gasteiger partial charge in [0.05, 0.1) is 10.0 Å². The van der Waals surface area contributed by atoms with E-state index in [0.717, 1.165) is 18.5 Å². The lowest BCUT2D eigenvalue weighted by Gasteiger charge is -2.16. The van der Waals surface area contributed by atoms with Gasteiger partial charge in [-0.15, -0.1) is 0 Å². The lowest BCUT2D eigenvalue weighted by Crippen LogP contribution is -2.28. The van der Waals surface area contributed by atoms with Gasteiger partial charge in [-0.2, -0.15) is 0 Å². The van der Waals surface area contributed by atoms with Gasteiger partial charge in [0.25, 0.3) is 5.91 Å². The van der Waals surface area contributed by atoms with Crippen LogP contribution in [0.15, 0.2) is 48.5 Å². The summed E-state index contributed by atoms with van der Waals surface area (Å²) in [5, 5.41) is 2.08. The first-order valence-electron chi connectivity index (χ1n) is 7.94. The third-order valence-corrected chi connectivity index (χ3v) is 5.37. The highest BCUT2D eigenvalue weighted by Crippen LogP contribution is 2.31. The largest absolute Gasteiger partial charge is 0.358 e. The van der Waals surface area contributed by atoms with Crippen molar-refractivity contribution in [2.45, 2.75) is 12.3 Å². The Hall–Kier alpha value is -1.97. The number of fused-ring (bicyclic) bond motifs is 1. The van der Waals surface area contributed by atoms with Crippen LogP contribution in [-0.2, 0) is 0 Å². The highest BCUT2D eigenvalue weighted by atomic mass is 35.5. The minimum absolute atomic E-state index is 0.00665. The Morgan fingerprint density at radius 1 is 1.08 bits per heavy atom. The monoisotopic (exact) mass is 358 g/mol. The third-order valence-electron chi connectivity index (χ3n) is 4.63. The number of hydrogen-bond donors (Lipinski definition) is 1. The molecule has 2 heterocycles. The maximum absolute atomic E-state index is 12.7. The summed E-state index contributed by atoms with van der Waals surface area (Å²) in [6.45, 7) is 1.46. The average Bonchev–Trinajstić information content (AvgIpc) is 3.23. The molecular formula is C19H16Cl2N2O. The number of para-hydroxylation sites is 1. The lowest BCUT2D eigenvalue weighted by molar-refractivity contribution is 0.0790. The fraction of sp³-hybridized carbons (Fsp3) is 0.211. The van der Waals surface area contributed by atoms with Crippen LogP contribution in [0.5, 0.6) is 0 Å². The number of nitrogens with zero attached hydrogens (tertiary/aromatic N) is 1. The van der Waals surface area contributed by atoms with E-state index in [9.17, 15) is 4.79 Å². The highest BCUT2D eigenvalue weighted by molar-refractivity contribution is 6.42. The Balaban J connectivity index is 1.53. The van der Waals surface area contributed by atoms with Crippen molar-refractivity contribution in [2.24, 2.45) is 0 Å². The van der Waals surface area contributed by atoms with Crippen molar-refractivity contribution in [1.82, 2.24) is 9.88 Å². The van der Waals surface area contributed by atoms with E-state index < -0.39 is 0 Å². The number of carbonyl (C=O) groups is 1. The van der Waals surface area contributed by atoms with E-state index in [0.29, 0.717) is 28.1 Å².